The fraction of sp³-hybridized carbons (Fsp3) is 0.400. The molecule has 0 bridgehead atoms. The zero-order valence-electron chi connectivity index (χ0n) is 21.3. The average Bonchev–Trinajstić information content (AvgIpc) is 3.60. The van der Waals surface area contributed by atoms with Crippen LogP contribution in [0.2, 0.25) is 0 Å². The minimum Gasteiger partial charge on any atom is -0.478 e. The van der Waals surface area contributed by atoms with Crippen LogP contribution in [0.25, 0.3) is 28.2 Å². The Labute approximate surface area is 217 Å². The number of nitrogens with zero attached hydrogens (tertiary/aromatic N) is 4. The molecule has 2 aromatic carbocycles. The molecule has 0 atom stereocenters. The molecular weight excluding hydrogens is 462 g/mol. The van der Waals surface area contributed by atoms with Crippen molar-refractivity contribution < 1.29 is 9.90 Å². The molecule has 2 N–H and O–H groups in total. The Balaban J connectivity index is 1.44. The number of aromatic carboxylic acids is 1. The lowest BCUT2D eigenvalue weighted by Crippen LogP contribution is -2.41. The van der Waals surface area contributed by atoms with E-state index in [9.17, 15) is 9.90 Å². The largest absolute Gasteiger partial charge is 0.478 e. The van der Waals surface area contributed by atoms with Gasteiger partial charge in [-0.1, -0.05) is 49.6 Å². The molecule has 4 aliphatic rings. The lowest BCUT2D eigenvalue weighted by molar-refractivity contribution is 0.0697. The summed E-state index contributed by atoms with van der Waals surface area (Å²) in [6.07, 6.45) is 11.0. The van der Waals surface area contributed by atoms with Gasteiger partial charge < -0.3 is 9.67 Å². The van der Waals surface area contributed by atoms with Gasteiger partial charge in [-0.25, -0.2) is 9.91 Å². The first-order valence-corrected chi connectivity index (χ1v) is 13.6. The maximum absolute atomic E-state index is 12.0. The number of hydrogen-bond acceptors (Lipinski definition) is 5. The monoisotopic (exact) mass is 495 g/mol. The van der Waals surface area contributed by atoms with E-state index in [-0.39, 0.29) is 0 Å². The molecule has 0 saturated heterocycles. The van der Waals surface area contributed by atoms with E-state index in [4.69, 9.17) is 5.10 Å². The minimum atomic E-state index is -0.888. The number of hydrazone groups is 1. The highest BCUT2D eigenvalue weighted by Gasteiger charge is 2.33. The Hall–Kier alpha value is -3.58. The van der Waals surface area contributed by atoms with Crippen LogP contribution in [0.1, 0.15) is 72.3 Å². The van der Waals surface area contributed by atoms with Gasteiger partial charge in [-0.05, 0) is 66.9 Å². The summed E-state index contributed by atoms with van der Waals surface area (Å²) in [5.41, 5.74) is 10.9. The summed E-state index contributed by atoms with van der Waals surface area (Å²) in [6.45, 7) is 1.56. The summed E-state index contributed by atoms with van der Waals surface area (Å²) in [7, 11) is 2.02. The van der Waals surface area contributed by atoms with E-state index in [0.717, 1.165) is 29.4 Å². The number of nitrogens with one attached hydrogen (secondary N) is 1. The molecule has 0 radical (unpaired) electrons. The Bertz CT molecular complexity index is 1460. The van der Waals surface area contributed by atoms with Crippen LogP contribution < -0.4 is 5.53 Å². The molecule has 2 fully saturated rings. The molecule has 190 valence electrons. The van der Waals surface area contributed by atoms with Crippen molar-refractivity contribution in [1.29, 1.82) is 0 Å². The topological polar surface area (TPSA) is 73.1 Å². The Morgan fingerprint density at radius 3 is 2.68 bits per heavy atom. The van der Waals surface area contributed by atoms with Crippen LogP contribution in [0, 0.1) is 5.92 Å². The first-order chi connectivity index (χ1) is 18.1. The number of hydrazine groups is 2. The first kappa shape index (κ1) is 22.6. The molecule has 2 aliphatic carbocycles. The maximum atomic E-state index is 12.0. The molecule has 3 aromatic rings. The predicted octanol–water partition coefficient (Wildman–Crippen LogP) is 5.84. The van der Waals surface area contributed by atoms with E-state index in [1.807, 2.05) is 23.2 Å². The number of hydrogen-bond donors (Lipinski definition) is 2. The number of fused-ring (bicyclic) bond motifs is 5. The van der Waals surface area contributed by atoms with Crippen molar-refractivity contribution in [3.8, 4) is 11.3 Å². The van der Waals surface area contributed by atoms with Crippen LogP contribution in [0.15, 0.2) is 53.1 Å². The highest BCUT2D eigenvalue weighted by Crippen LogP contribution is 2.46. The molecule has 0 unspecified atom stereocenters. The van der Waals surface area contributed by atoms with E-state index in [0.29, 0.717) is 18.0 Å². The van der Waals surface area contributed by atoms with Crippen molar-refractivity contribution in [2.45, 2.75) is 57.4 Å². The molecule has 2 aliphatic heterocycles. The highest BCUT2D eigenvalue weighted by atomic mass is 16.4. The molecule has 0 amide bonds. The van der Waals surface area contributed by atoms with Crippen LogP contribution in [0.5, 0.6) is 0 Å². The molecule has 2 saturated carbocycles. The van der Waals surface area contributed by atoms with E-state index in [1.54, 1.807) is 6.07 Å². The quantitative estimate of drug-likeness (QED) is 0.465. The van der Waals surface area contributed by atoms with E-state index >= 15 is 0 Å². The summed E-state index contributed by atoms with van der Waals surface area (Å²) in [6, 6.07) is 14.3. The Morgan fingerprint density at radius 2 is 1.89 bits per heavy atom. The van der Waals surface area contributed by atoms with Gasteiger partial charge in [0, 0.05) is 29.1 Å². The summed E-state index contributed by atoms with van der Waals surface area (Å²) < 4.78 is 2.36. The number of carbonyl (C=O) groups is 1. The molecule has 7 nitrogen and oxygen atoms in total. The molecular formula is C30H33N5O2. The average molecular weight is 496 g/mol. The zero-order valence-corrected chi connectivity index (χ0v) is 21.3. The number of benzene rings is 2. The van der Waals surface area contributed by atoms with Crippen molar-refractivity contribution in [2.75, 3.05) is 13.6 Å². The third kappa shape index (κ3) is 3.93. The van der Waals surface area contributed by atoms with Crippen LogP contribution in [-0.4, -0.2) is 45.2 Å². The number of aromatic nitrogens is 1. The van der Waals surface area contributed by atoms with Crippen molar-refractivity contribution in [2.24, 2.45) is 11.0 Å². The van der Waals surface area contributed by atoms with Gasteiger partial charge in [-0.3, -0.25) is 5.01 Å². The summed E-state index contributed by atoms with van der Waals surface area (Å²) in [5, 5.41) is 20.0. The molecule has 1 aromatic heterocycles. The molecule has 37 heavy (non-hydrogen) atoms. The van der Waals surface area contributed by atoms with Crippen LogP contribution in [0.4, 0.5) is 0 Å². The molecule has 3 heterocycles. The highest BCUT2D eigenvalue weighted by molar-refractivity contribution is 6.05. The number of rotatable bonds is 5. The second kappa shape index (κ2) is 8.77. The van der Waals surface area contributed by atoms with Gasteiger partial charge in [0.1, 0.15) is 0 Å². The smallest absolute Gasteiger partial charge is 0.335 e. The summed E-state index contributed by atoms with van der Waals surface area (Å²) in [4.78, 5) is 12.0. The Morgan fingerprint density at radius 1 is 1.08 bits per heavy atom. The van der Waals surface area contributed by atoms with Gasteiger partial charge in [-0.2, -0.15) is 0 Å². The lowest BCUT2D eigenvalue weighted by atomic mass is 9.81. The molecule has 7 heteroatoms. The van der Waals surface area contributed by atoms with E-state index in [2.05, 4.69) is 46.5 Å². The molecule has 7 rings (SSSR count). The fourth-order valence-corrected chi connectivity index (χ4v) is 6.48. The van der Waals surface area contributed by atoms with Crippen LogP contribution >= 0.6 is 0 Å². The van der Waals surface area contributed by atoms with Crippen molar-refractivity contribution in [3.63, 3.8) is 0 Å². The third-order valence-electron chi connectivity index (χ3n) is 8.45. The van der Waals surface area contributed by atoms with Crippen molar-refractivity contribution in [1.82, 2.24) is 20.2 Å². The SMILES string of the molecule is CN1NN(CC2CC2)N=C1C1=Cc2ccccc2-c2c(C3CCCCC3)c3ccc(C(=O)O)cc3n2C1. The fourth-order valence-electron chi connectivity index (χ4n) is 6.48. The summed E-state index contributed by atoms with van der Waals surface area (Å²) in [5.74, 6) is 1.24. The van der Waals surface area contributed by atoms with Crippen LogP contribution in [-0.2, 0) is 6.54 Å². The van der Waals surface area contributed by atoms with Gasteiger partial charge in [0.15, 0.2) is 5.84 Å². The first-order valence-electron chi connectivity index (χ1n) is 13.6. The standard InChI is InChI=1S/C30H33N5O2/c1-33-29(31-35(32-33)17-19-11-12-19)23-15-21-9-5-6-10-24(21)28-27(20-7-3-2-4-8-20)25-14-13-22(30(36)37)16-26(25)34(28)18-23/h5-6,9-10,13-16,19-20,32H,2-4,7-8,11-12,17-18H2,1H3,(H,36,37). The third-order valence-corrected chi connectivity index (χ3v) is 8.45. The van der Waals surface area contributed by atoms with Gasteiger partial charge in [0.2, 0.25) is 0 Å². The van der Waals surface area contributed by atoms with E-state index < -0.39 is 5.97 Å². The zero-order chi connectivity index (χ0) is 25.1. The van der Waals surface area contributed by atoms with Crippen molar-refractivity contribution >= 4 is 28.8 Å². The Kier molecular flexibility index (Phi) is 5.36. The maximum Gasteiger partial charge on any atom is 0.335 e. The normalized spacial score (nSPS) is 19.9. The minimum absolute atomic E-state index is 0.332. The second-order valence-corrected chi connectivity index (χ2v) is 11.1. The number of likely N-dealkylation sites (N-methyl/N-ethyl adjacent to an activating group) is 1. The number of amidine groups is 1. The van der Waals surface area contributed by atoms with Gasteiger partial charge in [0.05, 0.1) is 24.3 Å². The van der Waals surface area contributed by atoms with Crippen LogP contribution in [0.3, 0.4) is 0 Å². The van der Waals surface area contributed by atoms with Gasteiger partial charge >= 0.3 is 5.97 Å². The summed E-state index contributed by atoms with van der Waals surface area (Å²) >= 11 is 0. The van der Waals surface area contributed by atoms with Crippen molar-refractivity contribution in [3.05, 3.63) is 64.7 Å². The second-order valence-electron chi connectivity index (χ2n) is 11.1. The number of carboxylic acid groups (broad SMARTS) is 1. The van der Waals surface area contributed by atoms with Gasteiger partial charge in [-0.15, -0.1) is 10.6 Å². The predicted molar refractivity (Wildman–Crippen MR) is 146 cm³/mol. The molecule has 0 spiro atoms. The van der Waals surface area contributed by atoms with E-state index in [1.165, 1.54) is 72.7 Å². The van der Waals surface area contributed by atoms with Gasteiger partial charge in [0.25, 0.3) is 0 Å². The lowest BCUT2D eigenvalue weighted by Gasteiger charge is -2.24. The number of carboxylic acids is 1.